The van der Waals surface area contributed by atoms with Crippen molar-refractivity contribution in [2.24, 2.45) is 0 Å². The van der Waals surface area contributed by atoms with Crippen molar-refractivity contribution in [2.75, 3.05) is 11.9 Å². The maximum Gasteiger partial charge on any atom is 0.213 e. The van der Waals surface area contributed by atoms with Gasteiger partial charge in [-0.1, -0.05) is 147 Å². The zero-order valence-corrected chi connectivity index (χ0v) is 26.5. The number of nitrogens with zero attached hydrogens (tertiary/aromatic N) is 1. The van der Waals surface area contributed by atoms with E-state index >= 15 is 0 Å². The molecule has 0 aliphatic heterocycles. The van der Waals surface area contributed by atoms with Crippen molar-refractivity contribution in [1.82, 2.24) is 0 Å². The molecule has 224 valence electrons. The van der Waals surface area contributed by atoms with Crippen molar-refractivity contribution in [3.8, 4) is 0 Å². The number of aromatic nitrogens is 1. The number of hydrogen-bond acceptors (Lipinski definition) is 1. The SMILES string of the molecule is CCCCCCCCCCCCCCCCCC[n+]1ccc(C=Cc2ccc(NCCCC)cc2)c2ccccc21. The molecule has 0 aliphatic rings. The lowest BCUT2D eigenvalue weighted by Crippen LogP contribution is -2.34. The molecule has 41 heavy (non-hydrogen) atoms. The fourth-order valence-electron chi connectivity index (χ4n) is 5.79. The smallest absolute Gasteiger partial charge is 0.213 e. The molecule has 0 saturated carbocycles. The number of nitrogens with one attached hydrogen (secondary N) is 1. The van der Waals surface area contributed by atoms with Gasteiger partial charge in [0.25, 0.3) is 0 Å². The molecule has 2 nitrogen and oxygen atoms in total. The second-order valence-electron chi connectivity index (χ2n) is 12.0. The van der Waals surface area contributed by atoms with Gasteiger partial charge in [0.2, 0.25) is 5.52 Å². The van der Waals surface area contributed by atoms with Gasteiger partial charge in [-0.2, -0.15) is 4.57 Å². The van der Waals surface area contributed by atoms with E-state index in [4.69, 9.17) is 0 Å². The first-order valence-corrected chi connectivity index (χ1v) is 17.2. The van der Waals surface area contributed by atoms with Crippen LogP contribution < -0.4 is 9.88 Å². The molecule has 1 N–H and O–H groups in total. The predicted octanol–water partition coefficient (Wildman–Crippen LogP) is 11.8. The molecular weight excluding hydrogens is 496 g/mol. The van der Waals surface area contributed by atoms with Crippen LogP contribution in [-0.2, 0) is 6.54 Å². The fourth-order valence-corrected chi connectivity index (χ4v) is 5.79. The summed E-state index contributed by atoms with van der Waals surface area (Å²) in [7, 11) is 0. The van der Waals surface area contributed by atoms with Gasteiger partial charge in [0.1, 0.15) is 6.54 Å². The summed E-state index contributed by atoms with van der Waals surface area (Å²) in [5, 5.41) is 4.83. The zero-order chi connectivity index (χ0) is 28.8. The molecule has 0 unspecified atom stereocenters. The second kappa shape index (κ2) is 21.1. The van der Waals surface area contributed by atoms with Crippen LogP contribution in [0.15, 0.2) is 60.8 Å². The van der Waals surface area contributed by atoms with E-state index in [1.807, 2.05) is 0 Å². The monoisotopic (exact) mass is 555 g/mol. The molecule has 0 radical (unpaired) electrons. The third kappa shape index (κ3) is 13.3. The summed E-state index contributed by atoms with van der Waals surface area (Å²) in [4.78, 5) is 0. The van der Waals surface area contributed by atoms with Crippen LogP contribution in [0.3, 0.4) is 0 Å². The Balaban J connectivity index is 1.32. The van der Waals surface area contributed by atoms with Crippen LogP contribution in [0, 0.1) is 0 Å². The Hall–Kier alpha value is -2.61. The van der Waals surface area contributed by atoms with E-state index in [-0.39, 0.29) is 0 Å². The van der Waals surface area contributed by atoms with Crippen molar-refractivity contribution >= 4 is 28.7 Å². The average Bonchev–Trinajstić information content (AvgIpc) is 3.01. The van der Waals surface area contributed by atoms with Crippen molar-refractivity contribution in [1.29, 1.82) is 0 Å². The number of fused-ring (bicyclic) bond motifs is 1. The summed E-state index contributed by atoms with van der Waals surface area (Å²) in [5.74, 6) is 0. The van der Waals surface area contributed by atoms with Crippen molar-refractivity contribution in [3.05, 3.63) is 71.9 Å². The Morgan fingerprint density at radius 3 is 1.73 bits per heavy atom. The highest BCUT2D eigenvalue weighted by Crippen LogP contribution is 2.20. The Labute approximate surface area is 252 Å². The topological polar surface area (TPSA) is 15.9 Å². The Bertz CT molecular complexity index is 1100. The standard InChI is InChI=1S/C39H58N2/c1-3-5-7-8-9-10-11-12-13-14-15-16-17-18-19-22-33-41-34-31-36(38-23-20-21-24-39(38)41)28-25-35-26-29-37(30-27-35)40-32-6-4-2/h20-21,23-31,34H,3-19,22,32-33H2,1-2H3/p+1. The van der Waals surface area contributed by atoms with Crippen molar-refractivity contribution in [3.63, 3.8) is 0 Å². The van der Waals surface area contributed by atoms with Crippen LogP contribution >= 0.6 is 0 Å². The van der Waals surface area contributed by atoms with E-state index in [2.05, 4.69) is 96.7 Å². The molecule has 0 aliphatic carbocycles. The summed E-state index contributed by atoms with van der Waals surface area (Å²) < 4.78 is 2.45. The highest BCUT2D eigenvalue weighted by Gasteiger charge is 2.10. The highest BCUT2D eigenvalue weighted by molar-refractivity contribution is 5.88. The van der Waals surface area contributed by atoms with Crippen LogP contribution in [0.4, 0.5) is 5.69 Å². The molecule has 0 atom stereocenters. The Morgan fingerprint density at radius 1 is 0.561 bits per heavy atom. The van der Waals surface area contributed by atoms with Gasteiger partial charge in [0.15, 0.2) is 6.20 Å². The maximum absolute atomic E-state index is 3.50. The summed E-state index contributed by atoms with van der Waals surface area (Å²) in [6.07, 6.45) is 31.9. The molecule has 1 aromatic heterocycles. The minimum absolute atomic E-state index is 1.04. The number of unbranched alkanes of at least 4 members (excludes halogenated alkanes) is 16. The number of hydrogen-bond donors (Lipinski definition) is 1. The largest absolute Gasteiger partial charge is 0.385 e. The van der Waals surface area contributed by atoms with Crippen LogP contribution in [0.2, 0.25) is 0 Å². The quantitative estimate of drug-likeness (QED) is 0.0908. The minimum Gasteiger partial charge on any atom is -0.385 e. The molecule has 2 heteroatoms. The lowest BCUT2D eigenvalue weighted by atomic mass is 10.0. The molecule has 0 fully saturated rings. The van der Waals surface area contributed by atoms with Crippen molar-refractivity contribution < 1.29 is 4.57 Å². The lowest BCUT2D eigenvalue weighted by molar-refractivity contribution is -0.671. The van der Waals surface area contributed by atoms with Crippen LogP contribution in [0.5, 0.6) is 0 Å². The van der Waals surface area contributed by atoms with Gasteiger partial charge >= 0.3 is 0 Å². The number of pyridine rings is 1. The average molecular weight is 556 g/mol. The molecule has 3 aromatic rings. The van der Waals surface area contributed by atoms with E-state index < -0.39 is 0 Å². The summed E-state index contributed by atoms with van der Waals surface area (Å²) in [5.41, 5.74) is 5.07. The van der Waals surface area contributed by atoms with Gasteiger partial charge in [-0.15, -0.1) is 0 Å². The van der Waals surface area contributed by atoms with E-state index in [1.165, 1.54) is 143 Å². The first-order chi connectivity index (χ1) is 20.3. The predicted molar refractivity (Wildman–Crippen MR) is 182 cm³/mol. The van der Waals surface area contributed by atoms with Gasteiger partial charge in [-0.25, -0.2) is 0 Å². The minimum atomic E-state index is 1.04. The fraction of sp³-hybridized carbons (Fsp3) is 0.564. The Morgan fingerprint density at radius 2 is 1.12 bits per heavy atom. The van der Waals surface area contributed by atoms with E-state index in [0.717, 1.165) is 13.1 Å². The van der Waals surface area contributed by atoms with Crippen LogP contribution in [0.25, 0.3) is 23.1 Å². The zero-order valence-electron chi connectivity index (χ0n) is 26.5. The van der Waals surface area contributed by atoms with Crippen LogP contribution in [-0.4, -0.2) is 6.54 Å². The summed E-state index contributed by atoms with van der Waals surface area (Å²) >= 11 is 0. The lowest BCUT2D eigenvalue weighted by Gasteiger charge is -2.06. The third-order valence-corrected chi connectivity index (χ3v) is 8.44. The van der Waals surface area contributed by atoms with Crippen molar-refractivity contribution in [2.45, 2.75) is 136 Å². The second-order valence-corrected chi connectivity index (χ2v) is 12.0. The number of benzene rings is 2. The van der Waals surface area contributed by atoms with Gasteiger partial charge in [-0.05, 0) is 42.2 Å². The first kappa shape index (κ1) is 32.9. The highest BCUT2D eigenvalue weighted by atomic mass is 14.9. The normalized spacial score (nSPS) is 11.6. The van der Waals surface area contributed by atoms with Gasteiger partial charge < -0.3 is 5.32 Å². The molecular formula is C39H59N2+. The molecule has 0 amide bonds. The maximum atomic E-state index is 3.50. The number of aryl methyl sites for hydroxylation is 1. The molecule has 0 bridgehead atoms. The number of anilines is 1. The third-order valence-electron chi connectivity index (χ3n) is 8.44. The molecule has 0 spiro atoms. The summed E-state index contributed by atoms with van der Waals surface area (Å²) in [6.45, 7) is 6.68. The molecule has 0 saturated heterocycles. The summed E-state index contributed by atoms with van der Waals surface area (Å²) in [6, 6.07) is 19.9. The number of para-hydroxylation sites is 1. The van der Waals surface area contributed by atoms with E-state index in [1.54, 1.807) is 0 Å². The van der Waals surface area contributed by atoms with Gasteiger partial charge in [0.05, 0.1) is 5.39 Å². The van der Waals surface area contributed by atoms with Gasteiger partial charge in [0, 0.05) is 30.8 Å². The molecule has 3 rings (SSSR count). The van der Waals surface area contributed by atoms with E-state index in [0.29, 0.717) is 0 Å². The Kier molecular flexibility index (Phi) is 17.0. The van der Waals surface area contributed by atoms with Crippen LogP contribution in [0.1, 0.15) is 141 Å². The molecule has 1 heterocycles. The van der Waals surface area contributed by atoms with Gasteiger partial charge in [-0.3, -0.25) is 0 Å². The number of rotatable bonds is 23. The first-order valence-electron chi connectivity index (χ1n) is 17.2. The van der Waals surface area contributed by atoms with E-state index in [9.17, 15) is 0 Å². The molecule has 2 aromatic carbocycles.